The third-order valence-electron chi connectivity index (χ3n) is 2.39. The van der Waals surface area contributed by atoms with Crippen molar-refractivity contribution in [3.05, 3.63) is 11.9 Å². The molecule has 4 heteroatoms. The van der Waals surface area contributed by atoms with Crippen molar-refractivity contribution in [2.24, 2.45) is 7.05 Å². The van der Waals surface area contributed by atoms with Crippen LogP contribution in [0.25, 0.3) is 0 Å². The first kappa shape index (κ1) is 7.73. The van der Waals surface area contributed by atoms with E-state index in [-0.39, 0.29) is 0 Å². The molecule has 1 saturated carbocycles. The van der Waals surface area contributed by atoms with Gasteiger partial charge in [-0.2, -0.15) is 0 Å². The van der Waals surface area contributed by atoms with Crippen molar-refractivity contribution in [3.8, 4) is 0 Å². The van der Waals surface area contributed by atoms with Crippen molar-refractivity contribution in [1.82, 2.24) is 19.9 Å². The molecule has 1 aromatic rings. The van der Waals surface area contributed by atoms with Crippen molar-refractivity contribution >= 4 is 0 Å². The number of hydrogen-bond acceptors (Lipinski definition) is 3. The number of nitrogens with zero attached hydrogens (tertiary/aromatic N) is 4. The van der Waals surface area contributed by atoms with Gasteiger partial charge in [0.25, 0.3) is 0 Å². The second-order valence-electron chi connectivity index (χ2n) is 3.50. The first-order chi connectivity index (χ1) is 5.77. The number of rotatable bonds is 3. The fraction of sp³-hybridized carbons (Fsp3) is 0.750. The molecule has 0 aliphatic heterocycles. The number of hydrogen-bond donors (Lipinski definition) is 0. The fourth-order valence-corrected chi connectivity index (χ4v) is 1.35. The summed E-state index contributed by atoms with van der Waals surface area (Å²) < 4.78 is 1.83. The summed E-state index contributed by atoms with van der Waals surface area (Å²) in [6.07, 6.45) is 4.53. The first-order valence-electron chi connectivity index (χ1n) is 4.31. The van der Waals surface area contributed by atoms with Crippen LogP contribution in [0.15, 0.2) is 6.20 Å². The Morgan fingerprint density at radius 1 is 1.67 bits per heavy atom. The zero-order valence-electron chi connectivity index (χ0n) is 7.56. The van der Waals surface area contributed by atoms with Crippen LogP contribution in [0.3, 0.4) is 0 Å². The van der Waals surface area contributed by atoms with Gasteiger partial charge in [-0.05, 0) is 19.9 Å². The lowest BCUT2D eigenvalue weighted by Crippen LogP contribution is -2.21. The van der Waals surface area contributed by atoms with E-state index < -0.39 is 0 Å². The molecule has 0 radical (unpaired) electrons. The monoisotopic (exact) mass is 166 g/mol. The Bertz CT molecular complexity index is 264. The van der Waals surface area contributed by atoms with E-state index in [1.165, 1.54) is 18.5 Å². The maximum Gasteiger partial charge on any atom is 0.0738 e. The van der Waals surface area contributed by atoms with Gasteiger partial charge in [-0.15, -0.1) is 5.10 Å². The predicted octanol–water partition coefficient (Wildman–Crippen LogP) is 0.409. The van der Waals surface area contributed by atoms with Gasteiger partial charge in [-0.3, -0.25) is 9.58 Å². The van der Waals surface area contributed by atoms with E-state index in [2.05, 4.69) is 22.3 Å². The summed E-state index contributed by atoms with van der Waals surface area (Å²) >= 11 is 0. The van der Waals surface area contributed by atoms with E-state index in [1.54, 1.807) is 0 Å². The molecule has 4 nitrogen and oxygen atoms in total. The molecule has 0 aromatic carbocycles. The molecule has 1 heterocycles. The van der Waals surface area contributed by atoms with Crippen LogP contribution in [0.1, 0.15) is 18.5 Å². The summed E-state index contributed by atoms with van der Waals surface area (Å²) in [6, 6.07) is 0.805. The second-order valence-corrected chi connectivity index (χ2v) is 3.50. The van der Waals surface area contributed by atoms with Gasteiger partial charge in [-0.25, -0.2) is 0 Å². The van der Waals surface area contributed by atoms with E-state index in [0.29, 0.717) is 0 Å². The van der Waals surface area contributed by atoms with E-state index in [9.17, 15) is 0 Å². The molecule has 1 aliphatic rings. The van der Waals surface area contributed by atoms with Gasteiger partial charge in [0, 0.05) is 19.6 Å². The van der Waals surface area contributed by atoms with Crippen LogP contribution in [0.2, 0.25) is 0 Å². The topological polar surface area (TPSA) is 34.0 Å². The van der Waals surface area contributed by atoms with E-state index in [4.69, 9.17) is 0 Å². The molecule has 1 aliphatic carbocycles. The molecule has 0 N–H and O–H groups in total. The first-order valence-corrected chi connectivity index (χ1v) is 4.31. The van der Waals surface area contributed by atoms with E-state index in [1.807, 2.05) is 17.9 Å². The van der Waals surface area contributed by atoms with Crippen molar-refractivity contribution in [2.45, 2.75) is 25.4 Å². The molecule has 0 bridgehead atoms. The van der Waals surface area contributed by atoms with Gasteiger partial charge >= 0.3 is 0 Å². The average Bonchev–Trinajstić information content (AvgIpc) is 2.80. The van der Waals surface area contributed by atoms with Crippen molar-refractivity contribution in [1.29, 1.82) is 0 Å². The van der Waals surface area contributed by atoms with Gasteiger partial charge in [0.2, 0.25) is 0 Å². The highest BCUT2D eigenvalue weighted by Crippen LogP contribution is 2.26. The molecule has 0 atom stereocenters. The Hall–Kier alpha value is -0.900. The summed E-state index contributed by atoms with van der Waals surface area (Å²) in [4.78, 5) is 2.36. The van der Waals surface area contributed by atoms with Crippen LogP contribution in [-0.4, -0.2) is 33.0 Å². The molecule has 2 rings (SSSR count). The molecule has 12 heavy (non-hydrogen) atoms. The Labute approximate surface area is 72.2 Å². The fourth-order valence-electron chi connectivity index (χ4n) is 1.35. The summed E-state index contributed by atoms with van der Waals surface area (Å²) in [7, 11) is 4.09. The Morgan fingerprint density at radius 3 is 2.92 bits per heavy atom. The minimum atomic E-state index is 0.805. The summed E-state index contributed by atoms with van der Waals surface area (Å²) in [5, 5.41) is 7.73. The Morgan fingerprint density at radius 2 is 2.42 bits per heavy atom. The average molecular weight is 166 g/mol. The lowest BCUT2D eigenvalue weighted by Gasteiger charge is -2.14. The van der Waals surface area contributed by atoms with Crippen LogP contribution in [-0.2, 0) is 13.6 Å². The largest absolute Gasteiger partial charge is 0.298 e. The summed E-state index contributed by atoms with van der Waals surface area (Å²) in [6.45, 7) is 0.966. The van der Waals surface area contributed by atoms with Crippen LogP contribution in [0.5, 0.6) is 0 Å². The molecule has 0 saturated heterocycles. The van der Waals surface area contributed by atoms with Crippen LogP contribution < -0.4 is 0 Å². The van der Waals surface area contributed by atoms with Crippen molar-refractivity contribution < 1.29 is 0 Å². The third kappa shape index (κ3) is 1.48. The molecule has 0 amide bonds. The zero-order valence-corrected chi connectivity index (χ0v) is 7.56. The minimum absolute atomic E-state index is 0.805. The molecule has 0 spiro atoms. The zero-order chi connectivity index (χ0) is 8.55. The highest BCUT2D eigenvalue weighted by atomic mass is 15.4. The molecule has 66 valence electrons. The Kier molecular flexibility index (Phi) is 1.84. The molecular weight excluding hydrogens is 152 g/mol. The maximum atomic E-state index is 3.89. The minimum Gasteiger partial charge on any atom is -0.298 e. The van der Waals surface area contributed by atoms with Crippen LogP contribution in [0, 0.1) is 0 Å². The molecule has 1 aromatic heterocycles. The van der Waals surface area contributed by atoms with Gasteiger partial charge in [0.1, 0.15) is 0 Å². The van der Waals surface area contributed by atoms with Crippen molar-refractivity contribution in [3.63, 3.8) is 0 Å². The highest BCUT2D eigenvalue weighted by Gasteiger charge is 2.26. The summed E-state index contributed by atoms with van der Waals surface area (Å²) in [5.74, 6) is 0. The molecule has 0 unspecified atom stereocenters. The van der Waals surface area contributed by atoms with Crippen LogP contribution >= 0.6 is 0 Å². The maximum absolute atomic E-state index is 3.89. The molecule has 1 fully saturated rings. The normalized spacial score (nSPS) is 17.2. The van der Waals surface area contributed by atoms with Gasteiger partial charge in [-0.1, -0.05) is 5.21 Å². The van der Waals surface area contributed by atoms with E-state index in [0.717, 1.165) is 12.6 Å². The quantitative estimate of drug-likeness (QED) is 0.652. The van der Waals surface area contributed by atoms with Crippen LogP contribution in [0.4, 0.5) is 0 Å². The Balaban J connectivity index is 1.97. The lowest BCUT2D eigenvalue weighted by molar-refractivity contribution is 0.307. The second kappa shape index (κ2) is 2.86. The lowest BCUT2D eigenvalue weighted by atomic mass is 10.4. The van der Waals surface area contributed by atoms with E-state index >= 15 is 0 Å². The number of aryl methyl sites for hydroxylation is 1. The van der Waals surface area contributed by atoms with Gasteiger partial charge in [0.15, 0.2) is 0 Å². The SMILES string of the molecule is CN(Cc1cnnn1C)C1CC1. The number of aromatic nitrogens is 3. The molecular formula is C8H14N4. The van der Waals surface area contributed by atoms with Gasteiger partial charge < -0.3 is 0 Å². The third-order valence-corrected chi connectivity index (χ3v) is 2.39. The van der Waals surface area contributed by atoms with Crippen molar-refractivity contribution in [2.75, 3.05) is 7.05 Å². The smallest absolute Gasteiger partial charge is 0.0738 e. The summed E-state index contributed by atoms with van der Waals surface area (Å²) in [5.41, 5.74) is 1.18. The predicted molar refractivity (Wildman–Crippen MR) is 45.5 cm³/mol. The highest BCUT2D eigenvalue weighted by molar-refractivity contribution is 4.95. The standard InChI is InChI=1S/C8H14N4/c1-11(7-3-4-7)6-8-5-9-10-12(8)2/h5,7H,3-4,6H2,1-2H3. The van der Waals surface area contributed by atoms with Gasteiger partial charge in [0.05, 0.1) is 11.9 Å².